The monoisotopic (exact) mass is 352 g/mol. The Hall–Kier alpha value is -0.840. The molecule has 1 fully saturated rings. The van der Waals surface area contributed by atoms with Gasteiger partial charge in [0.15, 0.2) is 0 Å². The van der Waals surface area contributed by atoms with E-state index in [-0.39, 0.29) is 7.03 Å². The number of nitrogens with two attached hydrogens (primary N) is 1. The van der Waals surface area contributed by atoms with E-state index in [2.05, 4.69) is 24.4 Å². The lowest BCUT2D eigenvalue weighted by Gasteiger charge is -2.46. The van der Waals surface area contributed by atoms with E-state index in [0.717, 1.165) is 58.2 Å². The molecule has 0 radical (unpaired) electrons. The number of aliphatic hydroxyl groups excluding tert-OH is 1. The van der Waals surface area contributed by atoms with Gasteiger partial charge in [-0.2, -0.15) is 0 Å². The zero-order valence-electron chi connectivity index (χ0n) is 16.1. The van der Waals surface area contributed by atoms with Crippen LogP contribution >= 0.6 is 0 Å². The zero-order chi connectivity index (χ0) is 18.0. The quantitative estimate of drug-likeness (QED) is 0.634. The molecule has 1 aliphatic carbocycles. The Balaban J connectivity index is 0.000000501. The van der Waals surface area contributed by atoms with Crippen molar-refractivity contribution in [3.05, 3.63) is 23.5 Å². The lowest BCUT2D eigenvalue weighted by Crippen LogP contribution is -2.47. The molecule has 4 nitrogen and oxygen atoms in total. The van der Waals surface area contributed by atoms with Gasteiger partial charge in [-0.15, -0.1) is 0 Å². The van der Waals surface area contributed by atoms with Crippen LogP contribution in [0.1, 0.15) is 72.6 Å². The van der Waals surface area contributed by atoms with Gasteiger partial charge in [-0.3, -0.25) is 0 Å². The van der Waals surface area contributed by atoms with Gasteiger partial charge in [-0.05, 0) is 76.1 Å². The fraction of sp³-hybridized carbons (Fsp3) is 0.810. The summed E-state index contributed by atoms with van der Waals surface area (Å²) >= 11 is 0. The van der Waals surface area contributed by atoms with Crippen molar-refractivity contribution < 1.29 is 11.3 Å². The van der Waals surface area contributed by atoms with Crippen LogP contribution in [0.25, 0.3) is 0 Å². The van der Waals surface area contributed by atoms with E-state index in [9.17, 15) is 0 Å². The molecule has 1 unspecified atom stereocenters. The van der Waals surface area contributed by atoms with Gasteiger partial charge in [0.2, 0.25) is 0 Å². The number of allylic oxidation sites excluding steroid dienone is 4. The van der Waals surface area contributed by atoms with E-state index >= 15 is 0 Å². The second-order valence-corrected chi connectivity index (χ2v) is 7.62. The maximum Gasteiger partial charge on any atom is 0.112 e. The van der Waals surface area contributed by atoms with Gasteiger partial charge in [0.05, 0.1) is 0 Å². The minimum atomic E-state index is 0. The highest BCUT2D eigenvalue weighted by Crippen LogP contribution is 2.45. The van der Waals surface area contributed by atoms with Crippen LogP contribution in [0.3, 0.4) is 0 Å². The Labute approximate surface area is 155 Å². The van der Waals surface area contributed by atoms with E-state index in [1.54, 1.807) is 0 Å². The van der Waals surface area contributed by atoms with Gasteiger partial charge in [0.25, 0.3) is 0 Å². The second-order valence-electron chi connectivity index (χ2n) is 7.62. The molecule has 25 heavy (non-hydrogen) atoms. The van der Waals surface area contributed by atoms with Crippen LogP contribution in [0, 0.1) is 5.92 Å². The van der Waals surface area contributed by atoms with Crippen LogP contribution in [0.15, 0.2) is 23.5 Å². The Morgan fingerprint density at radius 3 is 2.76 bits per heavy atom. The summed E-state index contributed by atoms with van der Waals surface area (Å²) in [5, 5.41) is 12.5. The standard InChI is InChI=1S/C17H27NO2.C4H11N.H2/c19-12-4-3-5-14-13-17(8-10-18-11-9-17)20-16-7-2-1-6-15(14)16;1-2-3-4-5;/h1,6,14,18-19H,2-5,7-13H2;2-5H2,1H3;1H. The van der Waals surface area contributed by atoms with E-state index in [1.807, 2.05) is 0 Å². The third kappa shape index (κ3) is 6.12. The van der Waals surface area contributed by atoms with E-state index in [1.165, 1.54) is 37.0 Å². The van der Waals surface area contributed by atoms with Crippen LogP contribution in [0.2, 0.25) is 0 Å². The zero-order valence-corrected chi connectivity index (χ0v) is 16.1. The number of nitrogens with one attached hydrogen (secondary N) is 1. The Bertz CT molecular complexity index is 443. The number of piperidine rings is 1. The second kappa shape index (κ2) is 11.0. The molecule has 0 saturated carbocycles. The van der Waals surface area contributed by atoms with Crippen molar-refractivity contribution in [2.75, 3.05) is 26.2 Å². The van der Waals surface area contributed by atoms with Gasteiger partial charge in [-0.25, -0.2) is 0 Å². The van der Waals surface area contributed by atoms with Crippen molar-refractivity contribution in [1.82, 2.24) is 5.32 Å². The molecule has 3 aliphatic rings. The van der Waals surface area contributed by atoms with E-state index in [4.69, 9.17) is 15.6 Å². The van der Waals surface area contributed by atoms with E-state index < -0.39 is 0 Å². The van der Waals surface area contributed by atoms with Crippen molar-refractivity contribution in [2.24, 2.45) is 11.7 Å². The smallest absolute Gasteiger partial charge is 0.112 e. The van der Waals surface area contributed by atoms with Gasteiger partial charge >= 0.3 is 0 Å². The molecule has 146 valence electrons. The van der Waals surface area contributed by atoms with Gasteiger partial charge < -0.3 is 20.9 Å². The Kier molecular flexibility index (Phi) is 9.00. The molecule has 0 aromatic rings. The summed E-state index contributed by atoms with van der Waals surface area (Å²) < 4.78 is 6.49. The molecule has 3 rings (SSSR count). The number of hydrogen-bond acceptors (Lipinski definition) is 4. The first-order valence-corrected chi connectivity index (χ1v) is 10.3. The molecule has 1 saturated heterocycles. The first kappa shape index (κ1) is 20.5. The van der Waals surface area contributed by atoms with Crippen molar-refractivity contribution in [1.29, 1.82) is 0 Å². The van der Waals surface area contributed by atoms with Crippen LogP contribution < -0.4 is 11.1 Å². The minimum absolute atomic E-state index is 0. The molecular weight excluding hydrogens is 312 g/mol. The maximum atomic E-state index is 9.01. The topological polar surface area (TPSA) is 67.5 Å². The Morgan fingerprint density at radius 2 is 2.12 bits per heavy atom. The van der Waals surface area contributed by atoms with Crippen molar-refractivity contribution in [2.45, 2.75) is 76.7 Å². The fourth-order valence-electron chi connectivity index (χ4n) is 4.15. The summed E-state index contributed by atoms with van der Waals surface area (Å²) in [5.74, 6) is 1.91. The highest BCUT2D eigenvalue weighted by molar-refractivity contribution is 5.31. The van der Waals surface area contributed by atoms with Crippen LogP contribution in [-0.2, 0) is 4.74 Å². The molecule has 4 N–H and O–H groups in total. The van der Waals surface area contributed by atoms with Gasteiger partial charge in [0.1, 0.15) is 11.4 Å². The predicted molar refractivity (Wildman–Crippen MR) is 106 cm³/mol. The number of rotatable bonds is 6. The third-order valence-electron chi connectivity index (χ3n) is 5.59. The first-order chi connectivity index (χ1) is 12.2. The van der Waals surface area contributed by atoms with Gasteiger partial charge in [-0.1, -0.05) is 31.9 Å². The highest BCUT2D eigenvalue weighted by Gasteiger charge is 2.42. The fourth-order valence-corrected chi connectivity index (χ4v) is 4.15. The minimum Gasteiger partial charge on any atom is -0.491 e. The highest BCUT2D eigenvalue weighted by atomic mass is 16.5. The number of unbranched alkanes of at least 4 members (excludes halogenated alkanes) is 2. The number of aliphatic hydroxyl groups is 1. The average Bonchev–Trinajstić information content (AvgIpc) is 2.64. The molecule has 0 amide bonds. The number of hydrogen-bond donors (Lipinski definition) is 3. The van der Waals surface area contributed by atoms with Crippen LogP contribution in [0.4, 0.5) is 0 Å². The summed E-state index contributed by atoms with van der Waals surface area (Å²) in [4.78, 5) is 0. The van der Waals surface area contributed by atoms with Crippen molar-refractivity contribution >= 4 is 0 Å². The molecule has 2 heterocycles. The molecule has 4 heteroatoms. The van der Waals surface area contributed by atoms with Crippen LogP contribution in [0.5, 0.6) is 0 Å². The largest absolute Gasteiger partial charge is 0.491 e. The van der Waals surface area contributed by atoms with Gasteiger partial charge in [0, 0.05) is 14.5 Å². The Morgan fingerprint density at radius 1 is 1.32 bits per heavy atom. The van der Waals surface area contributed by atoms with Crippen molar-refractivity contribution in [3.63, 3.8) is 0 Å². The predicted octanol–water partition coefficient (Wildman–Crippen LogP) is 3.90. The third-order valence-corrected chi connectivity index (χ3v) is 5.59. The summed E-state index contributed by atoms with van der Waals surface area (Å²) in [7, 11) is 0. The summed E-state index contributed by atoms with van der Waals surface area (Å²) in [6, 6.07) is 0. The molecule has 0 aromatic heterocycles. The lowest BCUT2D eigenvalue weighted by atomic mass is 9.74. The number of ether oxygens (including phenoxy) is 1. The first-order valence-electron chi connectivity index (χ1n) is 10.3. The maximum absolute atomic E-state index is 9.01. The summed E-state index contributed by atoms with van der Waals surface area (Å²) in [6.07, 6.45) is 15.9. The summed E-state index contributed by atoms with van der Waals surface area (Å²) in [5.41, 5.74) is 6.69. The molecule has 2 aliphatic heterocycles. The molecule has 1 spiro atoms. The molecule has 1 atom stereocenters. The van der Waals surface area contributed by atoms with Crippen LogP contribution in [-0.4, -0.2) is 36.9 Å². The summed E-state index contributed by atoms with van der Waals surface area (Å²) in [6.45, 7) is 5.47. The lowest BCUT2D eigenvalue weighted by molar-refractivity contribution is -0.0587. The molecule has 0 bridgehead atoms. The molecular formula is C21H40N2O2. The normalized spacial score (nSPS) is 24.4. The van der Waals surface area contributed by atoms with E-state index in [0.29, 0.717) is 12.5 Å². The van der Waals surface area contributed by atoms with Crippen molar-refractivity contribution in [3.8, 4) is 0 Å². The SMILES string of the molecule is CCCCN.OCCCCC1CC2(CCNCC2)OC2=C1C=CCC2.[HH]. The average molecular weight is 353 g/mol. The molecule has 0 aromatic carbocycles.